The predicted molar refractivity (Wildman–Crippen MR) is 60.1 cm³/mol. The van der Waals surface area contributed by atoms with Crippen molar-refractivity contribution < 1.29 is 14.4 Å². The average molecular weight is 237 g/mol. The van der Waals surface area contributed by atoms with Crippen LogP contribution in [0.15, 0.2) is 29.4 Å². The minimum Gasteiger partial charge on any atom is -0.409 e. The van der Waals surface area contributed by atoms with Crippen LogP contribution in [0.3, 0.4) is 0 Å². The smallest absolute Gasteiger partial charge is 0.238 e. The van der Waals surface area contributed by atoms with Gasteiger partial charge in [0.2, 0.25) is 5.91 Å². The zero-order valence-corrected chi connectivity index (χ0v) is 8.98. The van der Waals surface area contributed by atoms with Crippen molar-refractivity contribution in [3.63, 3.8) is 0 Å². The number of hydrogen-bond donors (Lipinski definition) is 3. The summed E-state index contributed by atoms with van der Waals surface area (Å²) in [6, 6.07) is 5.84. The third kappa shape index (κ3) is 1.93. The molecule has 2 rings (SSSR count). The van der Waals surface area contributed by atoms with Gasteiger partial charge in [-0.2, -0.15) is 0 Å². The van der Waals surface area contributed by atoms with E-state index in [0.717, 1.165) is 0 Å². The van der Waals surface area contributed by atoms with Gasteiger partial charge in [-0.05, 0) is 25.0 Å². The number of nitrogens with zero attached hydrogens (tertiary/aromatic N) is 1. The van der Waals surface area contributed by atoms with Crippen molar-refractivity contribution >= 4 is 17.4 Å². The highest BCUT2D eigenvalue weighted by atomic mass is 19.1. The second-order valence-electron chi connectivity index (χ2n) is 4.00. The fraction of sp³-hybridized carbons (Fsp3) is 0.273. The SMILES string of the molecule is N/C(=N/O)C1(C(=O)Nc2ccccc2F)CC1. The van der Waals surface area contributed by atoms with E-state index in [1.54, 1.807) is 6.07 Å². The summed E-state index contributed by atoms with van der Waals surface area (Å²) >= 11 is 0. The fourth-order valence-corrected chi connectivity index (χ4v) is 1.62. The van der Waals surface area contributed by atoms with Crippen molar-refractivity contribution in [3.8, 4) is 0 Å². The molecule has 0 bridgehead atoms. The highest BCUT2D eigenvalue weighted by Gasteiger charge is 2.54. The first-order chi connectivity index (χ1) is 8.10. The van der Waals surface area contributed by atoms with Gasteiger partial charge in [-0.3, -0.25) is 4.79 Å². The zero-order chi connectivity index (χ0) is 12.5. The average Bonchev–Trinajstić information content (AvgIpc) is 3.12. The van der Waals surface area contributed by atoms with Gasteiger partial charge in [-0.25, -0.2) is 4.39 Å². The summed E-state index contributed by atoms with van der Waals surface area (Å²) in [5, 5.41) is 13.9. The Morgan fingerprint density at radius 3 is 2.65 bits per heavy atom. The Balaban J connectivity index is 2.16. The molecular formula is C11H12FN3O2. The van der Waals surface area contributed by atoms with Crippen LogP contribution in [-0.2, 0) is 4.79 Å². The lowest BCUT2D eigenvalue weighted by atomic mass is 10.1. The molecule has 0 spiro atoms. The first-order valence-corrected chi connectivity index (χ1v) is 5.14. The molecule has 0 saturated heterocycles. The van der Waals surface area contributed by atoms with Crippen LogP contribution >= 0.6 is 0 Å². The number of oxime groups is 1. The number of nitrogens with one attached hydrogen (secondary N) is 1. The second-order valence-corrected chi connectivity index (χ2v) is 4.00. The Bertz CT molecular complexity index is 483. The molecule has 1 aliphatic carbocycles. The minimum absolute atomic E-state index is 0.0921. The van der Waals surface area contributed by atoms with Gasteiger partial charge in [-0.1, -0.05) is 17.3 Å². The van der Waals surface area contributed by atoms with E-state index in [9.17, 15) is 9.18 Å². The first-order valence-electron chi connectivity index (χ1n) is 5.14. The topological polar surface area (TPSA) is 87.7 Å². The van der Waals surface area contributed by atoms with E-state index < -0.39 is 17.1 Å². The molecule has 0 aromatic heterocycles. The van der Waals surface area contributed by atoms with Crippen LogP contribution in [0.4, 0.5) is 10.1 Å². The Labute approximate surface area is 97.1 Å². The fourth-order valence-electron chi connectivity index (χ4n) is 1.62. The molecule has 0 atom stereocenters. The Morgan fingerprint density at radius 1 is 1.47 bits per heavy atom. The van der Waals surface area contributed by atoms with Crippen LogP contribution in [-0.4, -0.2) is 17.0 Å². The van der Waals surface area contributed by atoms with E-state index >= 15 is 0 Å². The first kappa shape index (κ1) is 11.4. The van der Waals surface area contributed by atoms with Crippen molar-refractivity contribution in [2.45, 2.75) is 12.8 Å². The zero-order valence-electron chi connectivity index (χ0n) is 8.98. The lowest BCUT2D eigenvalue weighted by Crippen LogP contribution is -2.36. The van der Waals surface area contributed by atoms with Gasteiger partial charge < -0.3 is 16.3 Å². The van der Waals surface area contributed by atoms with Crippen LogP contribution < -0.4 is 11.1 Å². The maximum absolute atomic E-state index is 13.3. The summed E-state index contributed by atoms with van der Waals surface area (Å²) in [6.45, 7) is 0. The van der Waals surface area contributed by atoms with Gasteiger partial charge in [0.25, 0.3) is 0 Å². The summed E-state index contributed by atoms with van der Waals surface area (Å²) in [7, 11) is 0. The number of para-hydroxylation sites is 1. The number of halogens is 1. The number of anilines is 1. The Hall–Kier alpha value is -2.11. The van der Waals surface area contributed by atoms with Gasteiger partial charge in [-0.15, -0.1) is 0 Å². The van der Waals surface area contributed by atoms with Gasteiger partial charge in [0.1, 0.15) is 11.2 Å². The Kier molecular flexibility index (Phi) is 2.71. The molecule has 90 valence electrons. The molecule has 5 nitrogen and oxygen atoms in total. The predicted octanol–water partition coefficient (Wildman–Crippen LogP) is 1.29. The van der Waals surface area contributed by atoms with E-state index in [1.807, 2.05) is 0 Å². The molecule has 4 N–H and O–H groups in total. The van der Waals surface area contributed by atoms with E-state index in [1.165, 1.54) is 18.2 Å². The largest absolute Gasteiger partial charge is 0.409 e. The number of benzene rings is 1. The minimum atomic E-state index is -0.975. The maximum Gasteiger partial charge on any atom is 0.238 e. The number of hydrogen-bond acceptors (Lipinski definition) is 3. The normalized spacial score (nSPS) is 17.6. The van der Waals surface area contributed by atoms with E-state index in [4.69, 9.17) is 10.9 Å². The van der Waals surface area contributed by atoms with E-state index in [-0.39, 0.29) is 11.5 Å². The molecule has 1 aromatic carbocycles. The molecule has 6 heteroatoms. The van der Waals surface area contributed by atoms with Crippen molar-refractivity contribution in [1.29, 1.82) is 0 Å². The van der Waals surface area contributed by atoms with Gasteiger partial charge in [0.05, 0.1) is 5.69 Å². The standard InChI is InChI=1S/C11H12FN3O2/c12-7-3-1-2-4-8(7)14-10(16)11(5-6-11)9(13)15-17/h1-4,17H,5-6H2,(H2,13,15)(H,14,16). The number of amides is 1. The van der Waals surface area contributed by atoms with Crippen LogP contribution in [0, 0.1) is 11.2 Å². The van der Waals surface area contributed by atoms with Crippen LogP contribution in [0.5, 0.6) is 0 Å². The van der Waals surface area contributed by atoms with Crippen LogP contribution in [0.1, 0.15) is 12.8 Å². The summed E-state index contributed by atoms with van der Waals surface area (Å²) in [5.74, 6) is -1.10. The van der Waals surface area contributed by atoms with E-state index in [0.29, 0.717) is 12.8 Å². The summed E-state index contributed by atoms with van der Waals surface area (Å²) < 4.78 is 13.3. The number of carbonyl (C=O) groups is 1. The molecule has 0 radical (unpaired) electrons. The molecule has 1 aliphatic rings. The Morgan fingerprint density at radius 2 is 2.12 bits per heavy atom. The lowest BCUT2D eigenvalue weighted by Gasteiger charge is -2.13. The maximum atomic E-state index is 13.3. The van der Waals surface area contributed by atoms with Gasteiger partial charge in [0, 0.05) is 0 Å². The molecule has 17 heavy (non-hydrogen) atoms. The van der Waals surface area contributed by atoms with Gasteiger partial charge >= 0.3 is 0 Å². The quantitative estimate of drug-likeness (QED) is 0.320. The monoisotopic (exact) mass is 237 g/mol. The van der Waals surface area contributed by atoms with Crippen molar-refractivity contribution in [2.75, 3.05) is 5.32 Å². The molecule has 0 unspecified atom stereocenters. The third-order valence-electron chi connectivity index (χ3n) is 2.90. The van der Waals surface area contributed by atoms with Crippen molar-refractivity contribution in [3.05, 3.63) is 30.1 Å². The number of rotatable bonds is 3. The van der Waals surface area contributed by atoms with Crippen molar-refractivity contribution in [2.24, 2.45) is 16.3 Å². The third-order valence-corrected chi connectivity index (χ3v) is 2.90. The number of nitrogens with two attached hydrogens (primary N) is 1. The number of amidine groups is 1. The molecule has 0 aliphatic heterocycles. The molecule has 1 fully saturated rings. The molecule has 1 amide bonds. The molecule has 1 saturated carbocycles. The molecular weight excluding hydrogens is 225 g/mol. The van der Waals surface area contributed by atoms with Crippen molar-refractivity contribution in [1.82, 2.24) is 0 Å². The highest BCUT2D eigenvalue weighted by Crippen LogP contribution is 2.46. The number of carbonyl (C=O) groups excluding carboxylic acids is 1. The highest BCUT2D eigenvalue weighted by molar-refractivity contribution is 6.14. The van der Waals surface area contributed by atoms with Crippen LogP contribution in [0.2, 0.25) is 0 Å². The summed E-state index contributed by atoms with van der Waals surface area (Å²) in [5.41, 5.74) is 4.57. The molecule has 0 heterocycles. The summed E-state index contributed by atoms with van der Waals surface area (Å²) in [6.07, 6.45) is 1.01. The molecule has 1 aromatic rings. The van der Waals surface area contributed by atoms with Crippen LogP contribution in [0.25, 0.3) is 0 Å². The second kappa shape index (κ2) is 4.04. The van der Waals surface area contributed by atoms with E-state index in [2.05, 4.69) is 10.5 Å². The van der Waals surface area contributed by atoms with Gasteiger partial charge in [0.15, 0.2) is 5.84 Å². The summed E-state index contributed by atoms with van der Waals surface area (Å²) in [4.78, 5) is 11.9. The lowest BCUT2D eigenvalue weighted by molar-refractivity contribution is -0.119.